The predicted octanol–water partition coefficient (Wildman–Crippen LogP) is 1.94. The molecule has 0 unspecified atom stereocenters. The first-order valence-electron chi connectivity index (χ1n) is 5.05. The molecule has 0 saturated carbocycles. The van der Waals surface area contributed by atoms with Crippen LogP contribution in [0, 0.1) is 0 Å². The van der Waals surface area contributed by atoms with Crippen LogP contribution in [0.1, 0.15) is 24.8 Å². The Morgan fingerprint density at radius 2 is 1.67 bits per heavy atom. The fourth-order valence-corrected chi connectivity index (χ4v) is 1.99. The van der Waals surface area contributed by atoms with Gasteiger partial charge in [-0.2, -0.15) is 0 Å². The molecule has 15 heavy (non-hydrogen) atoms. The molecule has 3 nitrogen and oxygen atoms in total. The maximum Gasteiger partial charge on any atom is 0.0945 e. The number of aryl methyl sites for hydroxylation is 1. The quantitative estimate of drug-likeness (QED) is 0.551. The molecule has 0 spiro atoms. The van der Waals surface area contributed by atoms with Crippen LogP contribution in [0.4, 0.5) is 0 Å². The number of benzene rings is 1. The van der Waals surface area contributed by atoms with E-state index in [1.807, 2.05) is 30.3 Å². The molecule has 1 aromatic carbocycles. The van der Waals surface area contributed by atoms with Crippen molar-refractivity contribution in [3.8, 4) is 0 Å². The van der Waals surface area contributed by atoms with Crippen LogP contribution in [-0.2, 0) is 16.5 Å². The Balaban J connectivity index is 2.13. The van der Waals surface area contributed by atoms with E-state index >= 15 is 0 Å². The van der Waals surface area contributed by atoms with Crippen molar-refractivity contribution in [3.63, 3.8) is 0 Å². The zero-order valence-electron chi connectivity index (χ0n) is 8.56. The molecular formula is C11H15O3S-. The van der Waals surface area contributed by atoms with Gasteiger partial charge in [0, 0.05) is 5.75 Å². The van der Waals surface area contributed by atoms with Gasteiger partial charge >= 0.3 is 0 Å². The lowest BCUT2D eigenvalue weighted by Crippen LogP contribution is -2.03. The van der Waals surface area contributed by atoms with Gasteiger partial charge in [-0.05, 0) is 24.8 Å². The predicted molar refractivity (Wildman–Crippen MR) is 58.6 cm³/mol. The lowest BCUT2D eigenvalue weighted by molar-refractivity contribution is 0.460. The van der Waals surface area contributed by atoms with E-state index in [2.05, 4.69) is 0 Å². The molecule has 4 heteroatoms. The SMILES string of the molecule is O=S(=O)([O-])CCCCCc1ccccc1. The van der Waals surface area contributed by atoms with Crippen LogP contribution < -0.4 is 0 Å². The van der Waals surface area contributed by atoms with Gasteiger partial charge in [0.05, 0.1) is 10.1 Å². The second kappa shape index (κ2) is 5.88. The van der Waals surface area contributed by atoms with E-state index in [9.17, 15) is 13.0 Å². The summed E-state index contributed by atoms with van der Waals surface area (Å²) in [6, 6.07) is 10.0. The molecule has 0 aliphatic heterocycles. The molecule has 1 rings (SSSR count). The van der Waals surface area contributed by atoms with Crippen LogP contribution >= 0.6 is 0 Å². The topological polar surface area (TPSA) is 57.2 Å². The van der Waals surface area contributed by atoms with Crippen molar-refractivity contribution in [1.82, 2.24) is 0 Å². The van der Waals surface area contributed by atoms with E-state index in [0.29, 0.717) is 6.42 Å². The molecule has 0 radical (unpaired) electrons. The van der Waals surface area contributed by atoms with Gasteiger partial charge in [0.2, 0.25) is 0 Å². The highest BCUT2D eigenvalue weighted by Gasteiger charge is 1.96. The second-order valence-corrected chi connectivity index (χ2v) is 5.08. The third kappa shape index (κ3) is 6.25. The first kappa shape index (κ1) is 12.2. The van der Waals surface area contributed by atoms with Gasteiger partial charge in [0.15, 0.2) is 0 Å². The van der Waals surface area contributed by atoms with Crippen LogP contribution in [0.2, 0.25) is 0 Å². The summed E-state index contributed by atoms with van der Waals surface area (Å²) in [4.78, 5) is 0. The number of hydrogen-bond donors (Lipinski definition) is 0. The summed E-state index contributed by atoms with van der Waals surface area (Å²) in [5, 5.41) is 0. The van der Waals surface area contributed by atoms with Crippen LogP contribution in [-0.4, -0.2) is 18.7 Å². The molecule has 84 valence electrons. The molecule has 0 aromatic heterocycles. The maximum absolute atomic E-state index is 10.3. The summed E-state index contributed by atoms with van der Waals surface area (Å²) < 4.78 is 30.9. The van der Waals surface area contributed by atoms with Crippen LogP contribution in [0.25, 0.3) is 0 Å². The van der Waals surface area contributed by atoms with Crippen molar-refractivity contribution in [1.29, 1.82) is 0 Å². The minimum absolute atomic E-state index is 0.234. The van der Waals surface area contributed by atoms with Gasteiger partial charge in [-0.1, -0.05) is 36.8 Å². The van der Waals surface area contributed by atoms with E-state index in [-0.39, 0.29) is 5.75 Å². The Morgan fingerprint density at radius 3 is 2.27 bits per heavy atom. The highest BCUT2D eigenvalue weighted by atomic mass is 32.2. The summed E-state index contributed by atoms with van der Waals surface area (Å²) in [5.74, 6) is -0.234. The molecule has 0 saturated heterocycles. The van der Waals surface area contributed by atoms with Crippen molar-refractivity contribution in [3.05, 3.63) is 35.9 Å². The Bertz CT molecular complexity index is 370. The van der Waals surface area contributed by atoms with Crippen LogP contribution in [0.3, 0.4) is 0 Å². The Kier molecular flexibility index (Phi) is 4.78. The minimum Gasteiger partial charge on any atom is -0.748 e. The van der Waals surface area contributed by atoms with E-state index in [1.54, 1.807) is 0 Å². The Morgan fingerprint density at radius 1 is 1.00 bits per heavy atom. The molecule has 0 bridgehead atoms. The minimum atomic E-state index is -4.02. The first-order chi connectivity index (χ1) is 7.08. The lowest BCUT2D eigenvalue weighted by atomic mass is 10.1. The normalized spacial score (nSPS) is 11.5. The van der Waals surface area contributed by atoms with Gasteiger partial charge in [-0.3, -0.25) is 0 Å². The van der Waals surface area contributed by atoms with Gasteiger partial charge in [-0.25, -0.2) is 8.42 Å². The van der Waals surface area contributed by atoms with Crippen LogP contribution in [0.15, 0.2) is 30.3 Å². The summed E-state index contributed by atoms with van der Waals surface area (Å²) in [5.41, 5.74) is 1.25. The van der Waals surface area contributed by atoms with Gasteiger partial charge in [0.1, 0.15) is 0 Å². The van der Waals surface area contributed by atoms with Crippen molar-refractivity contribution in [2.45, 2.75) is 25.7 Å². The van der Waals surface area contributed by atoms with Crippen LogP contribution in [0.5, 0.6) is 0 Å². The third-order valence-corrected chi connectivity index (χ3v) is 2.99. The average molecular weight is 227 g/mol. The standard InChI is InChI=1S/C11H16O3S/c12-15(13,14)10-6-2-5-9-11-7-3-1-4-8-11/h1,3-4,7-8H,2,5-6,9-10H2,(H,12,13,14)/p-1. The molecule has 0 fully saturated rings. The van der Waals surface area contributed by atoms with Crippen molar-refractivity contribution in [2.24, 2.45) is 0 Å². The molecule has 0 heterocycles. The highest BCUT2D eigenvalue weighted by Crippen LogP contribution is 2.06. The average Bonchev–Trinajstić information content (AvgIpc) is 2.17. The number of unbranched alkanes of at least 4 members (excludes halogenated alkanes) is 2. The fourth-order valence-electron chi connectivity index (χ4n) is 1.43. The Labute approximate surface area is 90.9 Å². The molecule has 0 atom stereocenters. The maximum atomic E-state index is 10.3. The lowest BCUT2D eigenvalue weighted by Gasteiger charge is -2.05. The molecule has 0 aliphatic carbocycles. The zero-order valence-corrected chi connectivity index (χ0v) is 9.37. The highest BCUT2D eigenvalue weighted by molar-refractivity contribution is 7.85. The summed E-state index contributed by atoms with van der Waals surface area (Å²) in [7, 11) is -4.02. The summed E-state index contributed by atoms with van der Waals surface area (Å²) >= 11 is 0. The third-order valence-electron chi connectivity index (χ3n) is 2.20. The Hall–Kier alpha value is -0.870. The first-order valence-corrected chi connectivity index (χ1v) is 6.63. The van der Waals surface area contributed by atoms with E-state index in [0.717, 1.165) is 19.3 Å². The van der Waals surface area contributed by atoms with Crippen molar-refractivity contribution < 1.29 is 13.0 Å². The summed E-state index contributed by atoms with van der Waals surface area (Å²) in [6.45, 7) is 0. The van der Waals surface area contributed by atoms with Gasteiger partial charge in [0.25, 0.3) is 0 Å². The molecule has 0 aliphatic rings. The number of hydrogen-bond acceptors (Lipinski definition) is 3. The number of rotatable bonds is 6. The second-order valence-electron chi connectivity index (χ2n) is 3.56. The van der Waals surface area contributed by atoms with Crippen molar-refractivity contribution >= 4 is 10.1 Å². The zero-order chi connectivity index (χ0) is 11.1. The van der Waals surface area contributed by atoms with Gasteiger partial charge in [-0.15, -0.1) is 0 Å². The van der Waals surface area contributed by atoms with Gasteiger partial charge < -0.3 is 4.55 Å². The molecular weight excluding hydrogens is 212 g/mol. The largest absolute Gasteiger partial charge is 0.748 e. The van der Waals surface area contributed by atoms with Crippen molar-refractivity contribution in [2.75, 3.05) is 5.75 Å². The smallest absolute Gasteiger partial charge is 0.0945 e. The van der Waals surface area contributed by atoms with E-state index in [1.165, 1.54) is 5.56 Å². The molecule has 0 amide bonds. The van der Waals surface area contributed by atoms with E-state index < -0.39 is 10.1 Å². The monoisotopic (exact) mass is 227 g/mol. The molecule has 1 aromatic rings. The summed E-state index contributed by atoms with van der Waals surface area (Å²) in [6.07, 6.45) is 3.13. The fraction of sp³-hybridized carbons (Fsp3) is 0.455. The molecule has 0 N–H and O–H groups in total. The van der Waals surface area contributed by atoms with E-state index in [4.69, 9.17) is 0 Å².